The smallest absolute Gasteiger partial charge is 0.258 e. The van der Waals surface area contributed by atoms with Gasteiger partial charge in [0.25, 0.3) is 5.91 Å². The molecule has 2 aromatic rings. The first kappa shape index (κ1) is 11.7. The number of halogens is 1. The van der Waals surface area contributed by atoms with Gasteiger partial charge in [-0.3, -0.25) is 4.79 Å². The molecule has 2 rings (SSSR count). The molecule has 4 nitrogen and oxygen atoms in total. The van der Waals surface area contributed by atoms with Crippen molar-refractivity contribution in [3.8, 4) is 0 Å². The first-order valence-electron chi connectivity index (χ1n) is 4.99. The quantitative estimate of drug-likeness (QED) is 0.926. The van der Waals surface area contributed by atoms with Crippen LogP contribution < -0.4 is 5.32 Å². The van der Waals surface area contributed by atoms with Crippen LogP contribution in [0.25, 0.3) is 0 Å². The Morgan fingerprint density at radius 1 is 1.29 bits per heavy atom. The van der Waals surface area contributed by atoms with Crippen molar-refractivity contribution in [2.45, 2.75) is 6.92 Å². The minimum Gasteiger partial charge on any atom is -0.322 e. The largest absolute Gasteiger partial charge is 0.322 e. The van der Waals surface area contributed by atoms with Gasteiger partial charge in [0.05, 0.1) is 5.56 Å². The minimum absolute atomic E-state index is 0.221. The predicted molar refractivity (Wildman–Crippen MR) is 68.9 cm³/mol. The fourth-order valence-electron chi connectivity index (χ4n) is 1.29. The minimum atomic E-state index is -0.221. The molecule has 0 spiro atoms. The Kier molecular flexibility index (Phi) is 3.49. The molecule has 0 bridgehead atoms. The lowest BCUT2D eigenvalue weighted by Gasteiger charge is -2.06. The molecule has 1 amide bonds. The molecule has 0 fully saturated rings. The molecule has 1 N–H and O–H groups in total. The molecule has 0 atom stereocenters. The molecule has 0 aliphatic rings. The van der Waals surface area contributed by atoms with Gasteiger partial charge in [-0.15, -0.1) is 0 Å². The molecule has 0 saturated heterocycles. The number of hydrogen-bond donors (Lipinski definition) is 1. The van der Waals surface area contributed by atoms with Crippen LogP contribution in [0.5, 0.6) is 0 Å². The van der Waals surface area contributed by atoms with Gasteiger partial charge in [-0.1, -0.05) is 22.0 Å². The average Bonchev–Trinajstić information content (AvgIpc) is 2.35. The second-order valence-corrected chi connectivity index (χ2v) is 4.40. The van der Waals surface area contributed by atoms with Crippen molar-refractivity contribution in [2.75, 3.05) is 5.32 Å². The van der Waals surface area contributed by atoms with E-state index in [1.165, 1.54) is 18.7 Å². The van der Waals surface area contributed by atoms with Gasteiger partial charge in [0.15, 0.2) is 0 Å². The number of anilines is 1. The number of aromatic nitrogens is 2. The van der Waals surface area contributed by atoms with E-state index < -0.39 is 0 Å². The zero-order chi connectivity index (χ0) is 12.3. The fraction of sp³-hybridized carbons (Fsp3) is 0.0833. The second-order valence-electron chi connectivity index (χ2n) is 3.55. The Morgan fingerprint density at radius 2 is 2.00 bits per heavy atom. The van der Waals surface area contributed by atoms with E-state index in [-0.39, 0.29) is 5.91 Å². The maximum atomic E-state index is 11.8. The van der Waals surface area contributed by atoms with Crippen molar-refractivity contribution >= 4 is 27.5 Å². The summed E-state index contributed by atoms with van der Waals surface area (Å²) < 4.78 is 0.958. The lowest BCUT2D eigenvalue weighted by Crippen LogP contribution is -2.12. The normalized spacial score (nSPS) is 10.0. The number of benzene rings is 1. The van der Waals surface area contributed by atoms with E-state index in [1.807, 2.05) is 25.1 Å². The standard InChI is InChI=1S/C12H10BrN3O/c1-8-2-3-10(4-11(8)13)16-12(17)9-5-14-7-15-6-9/h2-7H,1H3,(H,16,17). The zero-order valence-electron chi connectivity index (χ0n) is 9.14. The van der Waals surface area contributed by atoms with E-state index >= 15 is 0 Å². The van der Waals surface area contributed by atoms with Crippen molar-refractivity contribution in [3.05, 3.63) is 52.5 Å². The molecule has 0 aliphatic carbocycles. The van der Waals surface area contributed by atoms with E-state index in [0.717, 1.165) is 15.7 Å². The monoisotopic (exact) mass is 291 g/mol. The van der Waals surface area contributed by atoms with Crippen molar-refractivity contribution in [1.29, 1.82) is 0 Å². The van der Waals surface area contributed by atoms with Gasteiger partial charge in [-0.25, -0.2) is 9.97 Å². The van der Waals surface area contributed by atoms with Crippen LogP contribution in [0, 0.1) is 6.92 Å². The number of carbonyl (C=O) groups excluding carboxylic acids is 1. The van der Waals surface area contributed by atoms with Gasteiger partial charge in [0.2, 0.25) is 0 Å². The van der Waals surface area contributed by atoms with Gasteiger partial charge >= 0.3 is 0 Å². The van der Waals surface area contributed by atoms with E-state index in [2.05, 4.69) is 31.2 Å². The Bertz CT molecular complexity index is 543. The molecule has 17 heavy (non-hydrogen) atoms. The van der Waals surface area contributed by atoms with Crippen molar-refractivity contribution in [2.24, 2.45) is 0 Å². The summed E-state index contributed by atoms with van der Waals surface area (Å²) in [6, 6.07) is 5.64. The highest BCUT2D eigenvalue weighted by Crippen LogP contribution is 2.20. The molecule has 0 unspecified atom stereocenters. The topological polar surface area (TPSA) is 54.9 Å². The molecular formula is C12H10BrN3O. The Morgan fingerprint density at radius 3 is 2.65 bits per heavy atom. The summed E-state index contributed by atoms with van der Waals surface area (Å²) in [5, 5.41) is 2.78. The Balaban J connectivity index is 2.16. The lowest BCUT2D eigenvalue weighted by molar-refractivity contribution is 0.102. The third-order valence-electron chi connectivity index (χ3n) is 2.25. The summed E-state index contributed by atoms with van der Waals surface area (Å²) in [6.45, 7) is 1.99. The van der Waals surface area contributed by atoms with Gasteiger partial charge in [-0.2, -0.15) is 0 Å². The summed E-state index contributed by atoms with van der Waals surface area (Å²) in [5.74, 6) is -0.221. The molecule has 0 saturated carbocycles. The van der Waals surface area contributed by atoms with Crippen molar-refractivity contribution in [3.63, 3.8) is 0 Å². The first-order chi connectivity index (χ1) is 8.16. The van der Waals surface area contributed by atoms with Crippen LogP contribution >= 0.6 is 15.9 Å². The summed E-state index contributed by atoms with van der Waals surface area (Å²) in [5.41, 5.74) is 2.28. The van der Waals surface area contributed by atoms with Crippen LogP contribution in [0.1, 0.15) is 15.9 Å². The van der Waals surface area contributed by atoms with Crippen LogP contribution in [0.4, 0.5) is 5.69 Å². The van der Waals surface area contributed by atoms with E-state index in [9.17, 15) is 4.79 Å². The highest BCUT2D eigenvalue weighted by atomic mass is 79.9. The summed E-state index contributed by atoms with van der Waals surface area (Å²) >= 11 is 3.42. The number of hydrogen-bond acceptors (Lipinski definition) is 3. The number of nitrogens with zero attached hydrogens (tertiary/aromatic N) is 2. The maximum absolute atomic E-state index is 11.8. The third kappa shape index (κ3) is 2.88. The van der Waals surface area contributed by atoms with Crippen molar-refractivity contribution < 1.29 is 4.79 Å². The van der Waals surface area contributed by atoms with Crippen LogP contribution in [0.15, 0.2) is 41.4 Å². The molecule has 0 aliphatic heterocycles. The second kappa shape index (κ2) is 5.05. The predicted octanol–water partition coefficient (Wildman–Crippen LogP) is 2.80. The molecule has 1 aromatic carbocycles. The molecule has 5 heteroatoms. The van der Waals surface area contributed by atoms with E-state index in [0.29, 0.717) is 5.56 Å². The highest BCUT2D eigenvalue weighted by molar-refractivity contribution is 9.10. The summed E-state index contributed by atoms with van der Waals surface area (Å²) in [6.07, 6.45) is 4.34. The molecule has 1 aromatic heterocycles. The van der Waals surface area contributed by atoms with Crippen LogP contribution in [-0.2, 0) is 0 Å². The number of nitrogens with one attached hydrogen (secondary N) is 1. The zero-order valence-corrected chi connectivity index (χ0v) is 10.7. The van der Waals surface area contributed by atoms with Gasteiger partial charge in [-0.05, 0) is 24.6 Å². The fourth-order valence-corrected chi connectivity index (χ4v) is 1.67. The van der Waals surface area contributed by atoms with Gasteiger partial charge in [0.1, 0.15) is 6.33 Å². The maximum Gasteiger partial charge on any atom is 0.258 e. The number of rotatable bonds is 2. The van der Waals surface area contributed by atoms with Crippen LogP contribution in [0.2, 0.25) is 0 Å². The van der Waals surface area contributed by atoms with E-state index in [4.69, 9.17) is 0 Å². The first-order valence-corrected chi connectivity index (χ1v) is 5.78. The molecule has 86 valence electrons. The third-order valence-corrected chi connectivity index (χ3v) is 3.11. The van der Waals surface area contributed by atoms with Gasteiger partial charge in [0, 0.05) is 22.6 Å². The van der Waals surface area contributed by atoms with Gasteiger partial charge < -0.3 is 5.32 Å². The Labute approximate surface area is 107 Å². The average molecular weight is 292 g/mol. The summed E-state index contributed by atoms with van der Waals surface area (Å²) in [4.78, 5) is 19.4. The number of carbonyl (C=O) groups is 1. The van der Waals surface area contributed by atoms with Crippen LogP contribution in [0.3, 0.4) is 0 Å². The molecular weight excluding hydrogens is 282 g/mol. The summed E-state index contributed by atoms with van der Waals surface area (Å²) in [7, 11) is 0. The Hall–Kier alpha value is -1.75. The van der Waals surface area contributed by atoms with Crippen LogP contribution in [-0.4, -0.2) is 15.9 Å². The van der Waals surface area contributed by atoms with Crippen molar-refractivity contribution in [1.82, 2.24) is 9.97 Å². The highest BCUT2D eigenvalue weighted by Gasteiger charge is 2.06. The number of amides is 1. The molecule has 1 heterocycles. The van der Waals surface area contributed by atoms with E-state index in [1.54, 1.807) is 0 Å². The molecule has 0 radical (unpaired) electrons. The number of aryl methyl sites for hydroxylation is 1. The SMILES string of the molecule is Cc1ccc(NC(=O)c2cncnc2)cc1Br. The lowest BCUT2D eigenvalue weighted by atomic mass is 10.2.